The molecule has 2 aromatic heterocycles. The minimum Gasteiger partial charge on any atom is -0.469 e. The second kappa shape index (κ2) is 9.84. The van der Waals surface area contributed by atoms with Gasteiger partial charge in [-0.1, -0.05) is 0 Å². The highest BCUT2D eigenvalue weighted by molar-refractivity contribution is 6.04. The number of benzene rings is 2. The Labute approximate surface area is 200 Å². The number of methoxy groups -OCH3 is 1. The summed E-state index contributed by atoms with van der Waals surface area (Å²) in [4.78, 5) is 24.3. The Balaban J connectivity index is 1.51. The first kappa shape index (κ1) is 23.7. The molecule has 0 saturated carbocycles. The number of aryl methyl sites for hydroxylation is 2. The molecule has 0 aliphatic heterocycles. The number of hydrogen-bond donors (Lipinski definition) is 1. The molecule has 0 aliphatic carbocycles. The third kappa shape index (κ3) is 4.93. The fourth-order valence-corrected chi connectivity index (χ4v) is 3.78. The Kier molecular flexibility index (Phi) is 6.67. The Morgan fingerprint density at radius 1 is 1.06 bits per heavy atom. The van der Waals surface area contributed by atoms with Gasteiger partial charge in [-0.05, 0) is 85.6 Å². The van der Waals surface area contributed by atoms with Crippen LogP contribution in [0, 0.1) is 26.6 Å². The Morgan fingerprint density at radius 3 is 2.46 bits per heavy atom. The first-order valence-corrected chi connectivity index (χ1v) is 10.9. The van der Waals surface area contributed by atoms with Crippen molar-refractivity contribution in [2.45, 2.75) is 33.6 Å². The number of esters is 1. The molecule has 2 aromatic carbocycles. The molecule has 0 radical (unpaired) electrons. The van der Waals surface area contributed by atoms with Gasteiger partial charge in [-0.2, -0.15) is 9.78 Å². The number of tetrazole rings is 1. The van der Waals surface area contributed by atoms with E-state index in [4.69, 9.17) is 4.74 Å². The summed E-state index contributed by atoms with van der Waals surface area (Å²) in [6.07, 6.45) is 0.815. The van der Waals surface area contributed by atoms with Gasteiger partial charge in [0, 0.05) is 23.4 Å². The summed E-state index contributed by atoms with van der Waals surface area (Å²) in [6, 6.07) is 11.1. The van der Waals surface area contributed by atoms with Crippen molar-refractivity contribution in [3.63, 3.8) is 0 Å². The van der Waals surface area contributed by atoms with Gasteiger partial charge in [0.05, 0.1) is 18.5 Å². The Hall–Kier alpha value is -4.41. The monoisotopic (exact) mass is 477 g/mol. The van der Waals surface area contributed by atoms with Crippen LogP contribution in [0.2, 0.25) is 0 Å². The van der Waals surface area contributed by atoms with Crippen molar-refractivity contribution in [2.75, 3.05) is 12.4 Å². The number of anilines is 1. The lowest BCUT2D eigenvalue weighted by molar-refractivity contribution is -0.140. The summed E-state index contributed by atoms with van der Waals surface area (Å²) in [7, 11) is 1.37. The molecule has 4 rings (SSSR count). The van der Waals surface area contributed by atoms with Gasteiger partial charge in [-0.25, -0.2) is 9.07 Å². The highest BCUT2D eigenvalue weighted by Crippen LogP contribution is 2.22. The van der Waals surface area contributed by atoms with Gasteiger partial charge in [-0.15, -0.1) is 5.10 Å². The quantitative estimate of drug-likeness (QED) is 0.406. The number of amides is 1. The van der Waals surface area contributed by atoms with E-state index in [1.165, 1.54) is 30.0 Å². The van der Waals surface area contributed by atoms with Crippen LogP contribution in [-0.4, -0.2) is 49.0 Å². The molecule has 35 heavy (non-hydrogen) atoms. The molecular formula is C24H24FN7O3. The molecule has 0 fully saturated rings. The number of halogens is 1. The maximum atomic E-state index is 14.3. The van der Waals surface area contributed by atoms with Gasteiger partial charge in [0.15, 0.2) is 5.82 Å². The van der Waals surface area contributed by atoms with Crippen LogP contribution in [0.3, 0.4) is 0 Å². The van der Waals surface area contributed by atoms with Crippen LogP contribution >= 0.6 is 0 Å². The van der Waals surface area contributed by atoms with Gasteiger partial charge >= 0.3 is 5.97 Å². The van der Waals surface area contributed by atoms with Gasteiger partial charge in [0.2, 0.25) is 0 Å². The normalized spacial score (nSPS) is 10.9. The number of aromatic nitrogens is 6. The summed E-state index contributed by atoms with van der Waals surface area (Å²) in [5.41, 5.74) is 4.48. The molecule has 180 valence electrons. The number of ether oxygens (including phenoxy) is 1. The van der Waals surface area contributed by atoms with E-state index in [1.807, 2.05) is 13.8 Å². The number of nitrogens with one attached hydrogen (secondary N) is 1. The maximum absolute atomic E-state index is 14.3. The molecule has 0 bridgehead atoms. The molecule has 10 nitrogen and oxygen atoms in total. The van der Waals surface area contributed by atoms with Crippen LogP contribution in [0.5, 0.6) is 0 Å². The fraction of sp³-hybridized carbons (Fsp3) is 0.250. The summed E-state index contributed by atoms with van der Waals surface area (Å²) >= 11 is 0. The van der Waals surface area contributed by atoms with Crippen LogP contribution in [-0.2, 0) is 16.0 Å². The molecule has 0 unspecified atom stereocenters. The zero-order valence-corrected chi connectivity index (χ0v) is 19.7. The van der Waals surface area contributed by atoms with Crippen molar-refractivity contribution in [3.8, 4) is 11.4 Å². The molecule has 0 atom stereocenters. The minimum absolute atomic E-state index is 0.133. The number of nitrogens with zero attached hydrogens (tertiary/aromatic N) is 6. The van der Waals surface area contributed by atoms with Crippen molar-refractivity contribution in [1.82, 2.24) is 30.0 Å². The average molecular weight is 478 g/mol. The topological polar surface area (TPSA) is 117 Å². The van der Waals surface area contributed by atoms with Gasteiger partial charge in [0.1, 0.15) is 11.5 Å². The molecule has 0 saturated heterocycles. The largest absolute Gasteiger partial charge is 0.469 e. The van der Waals surface area contributed by atoms with Crippen LogP contribution in [0.25, 0.3) is 11.4 Å². The zero-order chi connectivity index (χ0) is 25.1. The van der Waals surface area contributed by atoms with Crippen LogP contribution in [0.4, 0.5) is 10.1 Å². The fourth-order valence-electron chi connectivity index (χ4n) is 3.78. The van der Waals surface area contributed by atoms with Gasteiger partial charge in [0.25, 0.3) is 5.91 Å². The van der Waals surface area contributed by atoms with Crippen molar-refractivity contribution < 1.29 is 18.7 Å². The third-order valence-corrected chi connectivity index (χ3v) is 5.68. The van der Waals surface area contributed by atoms with Crippen molar-refractivity contribution in [3.05, 3.63) is 76.6 Å². The smallest absolute Gasteiger partial charge is 0.305 e. The number of rotatable bonds is 7. The van der Waals surface area contributed by atoms with E-state index in [0.717, 1.165) is 22.6 Å². The minimum atomic E-state index is -0.515. The molecule has 0 aliphatic rings. The number of carbonyl (C=O) groups is 2. The van der Waals surface area contributed by atoms with Crippen molar-refractivity contribution in [2.24, 2.45) is 0 Å². The predicted molar refractivity (Wildman–Crippen MR) is 125 cm³/mol. The van der Waals surface area contributed by atoms with Gasteiger partial charge in [-0.3, -0.25) is 9.59 Å². The van der Waals surface area contributed by atoms with E-state index in [0.29, 0.717) is 23.5 Å². The first-order chi connectivity index (χ1) is 16.8. The molecule has 4 aromatic rings. The lowest BCUT2D eigenvalue weighted by Crippen LogP contribution is -2.13. The average Bonchev–Trinajstić information content (AvgIpc) is 3.40. The van der Waals surface area contributed by atoms with E-state index >= 15 is 0 Å². The van der Waals surface area contributed by atoms with Crippen molar-refractivity contribution in [1.29, 1.82) is 0 Å². The summed E-state index contributed by atoms with van der Waals surface area (Å²) in [5, 5.41) is 18.4. The van der Waals surface area contributed by atoms with E-state index < -0.39 is 5.82 Å². The summed E-state index contributed by atoms with van der Waals surface area (Å²) in [5.74, 6) is -0.720. The lowest BCUT2D eigenvalue weighted by Gasteiger charge is -2.10. The highest BCUT2D eigenvalue weighted by Gasteiger charge is 2.16. The third-order valence-electron chi connectivity index (χ3n) is 5.68. The van der Waals surface area contributed by atoms with Crippen LogP contribution < -0.4 is 5.32 Å². The molecule has 11 heteroatoms. The molecule has 1 N–H and O–H groups in total. The Morgan fingerprint density at radius 2 is 1.80 bits per heavy atom. The number of hydrogen-bond acceptors (Lipinski definition) is 7. The maximum Gasteiger partial charge on any atom is 0.305 e. The van der Waals surface area contributed by atoms with E-state index in [1.54, 1.807) is 35.9 Å². The lowest BCUT2D eigenvalue weighted by atomic mass is 10.1. The van der Waals surface area contributed by atoms with Crippen LogP contribution in [0.15, 0.2) is 42.5 Å². The second-order valence-electron chi connectivity index (χ2n) is 7.94. The summed E-state index contributed by atoms with van der Waals surface area (Å²) in [6.45, 7) is 5.48. The highest BCUT2D eigenvalue weighted by atomic mass is 19.1. The molecule has 2 heterocycles. The van der Waals surface area contributed by atoms with Gasteiger partial charge < -0.3 is 10.1 Å². The van der Waals surface area contributed by atoms with E-state index in [-0.39, 0.29) is 24.0 Å². The molecule has 1 amide bonds. The Bertz CT molecular complexity index is 1390. The second-order valence-corrected chi connectivity index (χ2v) is 7.94. The standard InChI is InChI=1S/C24H24FN7O3/c1-14-20(10-12-23(33)35-4)15(2)31(28-14)19-8-5-17(6-9-19)24(34)26-18-7-11-21(25)22(13-18)32-16(3)27-29-30-32/h5-9,11,13H,10,12H2,1-4H3,(H,26,34). The SMILES string of the molecule is COC(=O)CCc1c(C)nn(-c2ccc(C(=O)Nc3ccc(F)c(-n4nnnc4C)c3)cc2)c1C. The zero-order valence-electron chi connectivity index (χ0n) is 19.7. The van der Waals surface area contributed by atoms with E-state index in [9.17, 15) is 14.0 Å². The van der Waals surface area contributed by atoms with Crippen LogP contribution in [0.1, 0.15) is 39.6 Å². The van der Waals surface area contributed by atoms with Crippen molar-refractivity contribution >= 4 is 17.6 Å². The molecular weight excluding hydrogens is 453 g/mol. The predicted octanol–water partition coefficient (Wildman–Crippen LogP) is 3.27. The van der Waals surface area contributed by atoms with E-state index in [2.05, 4.69) is 25.9 Å². The summed E-state index contributed by atoms with van der Waals surface area (Å²) < 4.78 is 22.1. The number of carbonyl (C=O) groups excluding carboxylic acids is 2. The molecule has 0 spiro atoms. The first-order valence-electron chi connectivity index (χ1n) is 10.9.